The molecule has 2 N–H and O–H groups in total. The molecule has 0 aliphatic heterocycles. The van der Waals surface area contributed by atoms with Crippen molar-refractivity contribution in [1.82, 2.24) is 19.7 Å². The van der Waals surface area contributed by atoms with E-state index in [0.717, 1.165) is 11.3 Å². The average molecular weight is 401 g/mol. The van der Waals surface area contributed by atoms with Crippen LogP contribution in [0.15, 0.2) is 18.2 Å². The van der Waals surface area contributed by atoms with E-state index in [-0.39, 0.29) is 11.9 Å². The van der Waals surface area contributed by atoms with Crippen molar-refractivity contribution < 1.29 is 18.9 Å². The topological polar surface area (TPSA) is 107 Å². The number of fused-ring (bicyclic) bond motifs is 1. The minimum atomic E-state index is -0.0784. The summed E-state index contributed by atoms with van der Waals surface area (Å²) < 4.78 is 24.4. The highest BCUT2D eigenvalue weighted by Gasteiger charge is 2.21. The summed E-state index contributed by atoms with van der Waals surface area (Å²) in [7, 11) is 3.25. The summed E-state index contributed by atoms with van der Waals surface area (Å²) in [6.45, 7) is 7.15. The molecule has 2 aromatic heterocycles. The van der Waals surface area contributed by atoms with Crippen LogP contribution in [0.4, 0.5) is 5.82 Å². The molecule has 0 saturated heterocycles. The van der Waals surface area contributed by atoms with Crippen LogP contribution in [0.25, 0.3) is 11.0 Å². The second-order valence-electron chi connectivity index (χ2n) is 6.68. The number of benzene rings is 1. The lowest BCUT2D eigenvalue weighted by Gasteiger charge is -2.15. The third kappa shape index (κ3) is 4.34. The van der Waals surface area contributed by atoms with Gasteiger partial charge in [-0.2, -0.15) is 0 Å². The Kier molecular flexibility index (Phi) is 6.38. The summed E-state index contributed by atoms with van der Waals surface area (Å²) in [4.78, 5) is 4.67. The predicted molar refractivity (Wildman–Crippen MR) is 109 cm³/mol. The van der Waals surface area contributed by atoms with Gasteiger partial charge in [0.05, 0.1) is 26.9 Å². The molecule has 0 radical (unpaired) electrons. The maximum Gasteiger partial charge on any atom is 0.260 e. The number of rotatable bonds is 9. The van der Waals surface area contributed by atoms with E-state index >= 15 is 0 Å². The molecule has 156 valence electrons. The summed E-state index contributed by atoms with van der Waals surface area (Å²) in [5, 5.41) is 8.17. The van der Waals surface area contributed by atoms with Gasteiger partial charge in [0.2, 0.25) is 0 Å². The number of nitrogens with zero attached hydrogens (tertiary/aromatic N) is 4. The SMILES string of the molecule is CCOCc1nc2c(N)nnc(OC(C)C)c2n1Cc1ccc(OC)cc1OC. The Bertz CT molecular complexity index is 987. The maximum absolute atomic E-state index is 6.07. The van der Waals surface area contributed by atoms with Gasteiger partial charge in [-0.3, -0.25) is 0 Å². The van der Waals surface area contributed by atoms with Crippen LogP contribution in [0.1, 0.15) is 32.2 Å². The lowest BCUT2D eigenvalue weighted by atomic mass is 10.2. The van der Waals surface area contributed by atoms with Crippen LogP contribution in [0, 0.1) is 0 Å². The molecule has 1 aromatic carbocycles. The number of anilines is 1. The highest BCUT2D eigenvalue weighted by molar-refractivity contribution is 5.88. The van der Waals surface area contributed by atoms with Gasteiger partial charge >= 0.3 is 0 Å². The minimum Gasteiger partial charge on any atom is -0.497 e. The first-order chi connectivity index (χ1) is 14.0. The first-order valence-electron chi connectivity index (χ1n) is 9.45. The van der Waals surface area contributed by atoms with E-state index in [0.29, 0.717) is 48.2 Å². The van der Waals surface area contributed by atoms with Crippen molar-refractivity contribution in [3.63, 3.8) is 0 Å². The molecule has 0 aliphatic rings. The molecular formula is C20H27N5O4. The number of nitrogen functional groups attached to an aromatic ring is 1. The molecule has 0 bridgehead atoms. The molecule has 3 aromatic rings. The fourth-order valence-corrected chi connectivity index (χ4v) is 3.02. The van der Waals surface area contributed by atoms with Crippen LogP contribution in [-0.4, -0.2) is 46.7 Å². The molecular weight excluding hydrogens is 374 g/mol. The quantitative estimate of drug-likeness (QED) is 0.583. The Balaban J connectivity index is 2.17. The van der Waals surface area contributed by atoms with Crippen LogP contribution >= 0.6 is 0 Å². The lowest BCUT2D eigenvalue weighted by Crippen LogP contribution is -2.12. The van der Waals surface area contributed by atoms with E-state index < -0.39 is 0 Å². The van der Waals surface area contributed by atoms with Gasteiger partial charge in [-0.25, -0.2) is 4.98 Å². The molecule has 0 unspecified atom stereocenters. The van der Waals surface area contributed by atoms with Gasteiger partial charge in [-0.05, 0) is 32.9 Å². The lowest BCUT2D eigenvalue weighted by molar-refractivity contribution is 0.126. The molecule has 0 spiro atoms. The molecule has 0 aliphatic carbocycles. The van der Waals surface area contributed by atoms with E-state index in [4.69, 9.17) is 24.7 Å². The number of ether oxygens (including phenoxy) is 4. The van der Waals surface area contributed by atoms with E-state index in [1.807, 2.05) is 43.5 Å². The molecule has 0 amide bonds. The van der Waals surface area contributed by atoms with E-state index in [2.05, 4.69) is 15.2 Å². The zero-order chi connectivity index (χ0) is 21.0. The van der Waals surface area contributed by atoms with Crippen molar-refractivity contribution in [2.75, 3.05) is 26.6 Å². The zero-order valence-electron chi connectivity index (χ0n) is 17.4. The second-order valence-corrected chi connectivity index (χ2v) is 6.68. The summed E-state index contributed by atoms with van der Waals surface area (Å²) in [6.07, 6.45) is -0.0784. The van der Waals surface area contributed by atoms with Crippen molar-refractivity contribution in [3.8, 4) is 17.4 Å². The van der Waals surface area contributed by atoms with Gasteiger partial charge in [0.25, 0.3) is 5.88 Å². The fourth-order valence-electron chi connectivity index (χ4n) is 3.02. The molecule has 3 rings (SSSR count). The number of nitrogens with two attached hydrogens (primary N) is 1. The highest BCUT2D eigenvalue weighted by Crippen LogP contribution is 2.31. The van der Waals surface area contributed by atoms with Crippen molar-refractivity contribution in [2.24, 2.45) is 0 Å². The van der Waals surface area contributed by atoms with Crippen molar-refractivity contribution in [1.29, 1.82) is 0 Å². The van der Waals surface area contributed by atoms with Gasteiger partial charge in [0.15, 0.2) is 5.82 Å². The first-order valence-corrected chi connectivity index (χ1v) is 9.45. The van der Waals surface area contributed by atoms with E-state index in [9.17, 15) is 0 Å². The molecule has 0 saturated carbocycles. The third-order valence-corrected chi connectivity index (χ3v) is 4.35. The minimum absolute atomic E-state index is 0.0784. The summed E-state index contributed by atoms with van der Waals surface area (Å²) in [6, 6.07) is 5.68. The third-order valence-electron chi connectivity index (χ3n) is 4.35. The Morgan fingerprint density at radius 3 is 2.59 bits per heavy atom. The zero-order valence-corrected chi connectivity index (χ0v) is 17.4. The molecule has 9 nitrogen and oxygen atoms in total. The van der Waals surface area contributed by atoms with E-state index in [1.54, 1.807) is 14.2 Å². The largest absolute Gasteiger partial charge is 0.497 e. The van der Waals surface area contributed by atoms with Gasteiger partial charge in [0.1, 0.15) is 35.0 Å². The molecule has 0 fully saturated rings. The van der Waals surface area contributed by atoms with Gasteiger partial charge < -0.3 is 29.2 Å². The van der Waals surface area contributed by atoms with Crippen LogP contribution in [0.3, 0.4) is 0 Å². The Morgan fingerprint density at radius 2 is 1.93 bits per heavy atom. The molecule has 0 atom stereocenters. The van der Waals surface area contributed by atoms with Crippen molar-refractivity contribution >= 4 is 16.9 Å². The maximum atomic E-state index is 6.07. The van der Waals surface area contributed by atoms with Crippen LogP contribution in [0.5, 0.6) is 17.4 Å². The standard InChI is InChI=1S/C20H27N5O4/c1-6-28-11-16-22-17-18(20(29-12(2)3)24-23-19(17)21)25(16)10-13-7-8-14(26-4)9-15(13)27-5/h7-9,12H,6,10-11H2,1-5H3,(H2,21,23). The number of hydrogen-bond acceptors (Lipinski definition) is 8. The van der Waals surface area contributed by atoms with Crippen LogP contribution in [-0.2, 0) is 17.9 Å². The summed E-state index contributed by atoms with van der Waals surface area (Å²) in [5.74, 6) is 2.75. The molecule has 9 heteroatoms. The summed E-state index contributed by atoms with van der Waals surface area (Å²) >= 11 is 0. The Hall–Kier alpha value is -3.07. The number of hydrogen-bond donors (Lipinski definition) is 1. The van der Waals surface area contributed by atoms with Crippen molar-refractivity contribution in [3.05, 3.63) is 29.6 Å². The average Bonchev–Trinajstić information content (AvgIpc) is 3.07. The number of methoxy groups -OCH3 is 2. The molecule has 29 heavy (non-hydrogen) atoms. The fraction of sp³-hybridized carbons (Fsp3) is 0.450. The Morgan fingerprint density at radius 1 is 1.14 bits per heavy atom. The normalized spacial score (nSPS) is 11.2. The highest BCUT2D eigenvalue weighted by atomic mass is 16.5. The molecule has 2 heterocycles. The van der Waals surface area contributed by atoms with Crippen LogP contribution in [0.2, 0.25) is 0 Å². The monoisotopic (exact) mass is 401 g/mol. The number of imidazole rings is 1. The smallest absolute Gasteiger partial charge is 0.260 e. The second kappa shape index (κ2) is 8.95. The van der Waals surface area contributed by atoms with Gasteiger partial charge in [-0.15, -0.1) is 10.2 Å². The van der Waals surface area contributed by atoms with E-state index in [1.165, 1.54) is 0 Å². The summed E-state index contributed by atoms with van der Waals surface area (Å²) in [5.41, 5.74) is 8.23. The number of aromatic nitrogens is 4. The van der Waals surface area contributed by atoms with Crippen LogP contribution < -0.4 is 19.9 Å². The first kappa shape index (κ1) is 20.7. The van der Waals surface area contributed by atoms with Gasteiger partial charge in [-0.1, -0.05) is 0 Å². The Labute approximate surface area is 169 Å². The predicted octanol–water partition coefficient (Wildman–Crippen LogP) is 2.80. The van der Waals surface area contributed by atoms with Crippen molar-refractivity contribution in [2.45, 2.75) is 40.0 Å². The van der Waals surface area contributed by atoms with Gasteiger partial charge in [0, 0.05) is 18.2 Å².